The Kier molecular flexibility index (Phi) is 7.24. The van der Waals surface area contributed by atoms with E-state index in [9.17, 15) is 4.79 Å². The molecule has 1 unspecified atom stereocenters. The fourth-order valence-corrected chi connectivity index (χ4v) is 3.59. The Labute approximate surface area is 164 Å². The Morgan fingerprint density at radius 1 is 1.22 bits per heavy atom. The number of hydrogen-bond donors (Lipinski definition) is 3. The molecule has 1 aromatic carbocycles. The van der Waals surface area contributed by atoms with Gasteiger partial charge >= 0.3 is 0 Å². The maximum atomic E-state index is 12.4. The summed E-state index contributed by atoms with van der Waals surface area (Å²) in [5.74, 6) is 0.668. The largest absolute Gasteiger partial charge is 0.376 e. The van der Waals surface area contributed by atoms with Crippen LogP contribution in [-0.2, 0) is 17.8 Å². The number of guanidine groups is 1. The van der Waals surface area contributed by atoms with Gasteiger partial charge in [0.25, 0.3) is 5.91 Å². The lowest BCUT2D eigenvalue weighted by atomic mass is 10.1. The van der Waals surface area contributed by atoms with Gasteiger partial charge in [-0.1, -0.05) is 12.1 Å². The van der Waals surface area contributed by atoms with Gasteiger partial charge in [-0.3, -0.25) is 9.79 Å². The maximum Gasteiger partial charge on any atom is 0.251 e. The first-order valence-corrected chi connectivity index (χ1v) is 10.1. The van der Waals surface area contributed by atoms with Crippen molar-refractivity contribution in [2.45, 2.75) is 32.0 Å². The second-order valence-electron chi connectivity index (χ2n) is 6.46. The van der Waals surface area contributed by atoms with Gasteiger partial charge in [0.15, 0.2) is 5.96 Å². The van der Waals surface area contributed by atoms with Crippen molar-refractivity contribution in [3.8, 4) is 0 Å². The van der Waals surface area contributed by atoms with Crippen molar-refractivity contribution in [1.29, 1.82) is 0 Å². The van der Waals surface area contributed by atoms with Gasteiger partial charge in [0, 0.05) is 38.9 Å². The Hall–Kier alpha value is -2.38. The lowest BCUT2D eigenvalue weighted by molar-refractivity contribution is 0.0857. The van der Waals surface area contributed by atoms with Crippen LogP contribution in [0.3, 0.4) is 0 Å². The van der Waals surface area contributed by atoms with Gasteiger partial charge in [-0.2, -0.15) is 11.3 Å². The number of nitrogens with one attached hydrogen (secondary N) is 3. The van der Waals surface area contributed by atoms with Crippen molar-refractivity contribution >= 4 is 23.2 Å². The lowest BCUT2D eigenvalue weighted by Gasteiger charge is -2.13. The summed E-state index contributed by atoms with van der Waals surface area (Å²) in [6.45, 7) is 2.69. The topological polar surface area (TPSA) is 74.8 Å². The predicted molar refractivity (Wildman–Crippen MR) is 109 cm³/mol. The van der Waals surface area contributed by atoms with Crippen LogP contribution in [0.2, 0.25) is 0 Å². The van der Waals surface area contributed by atoms with Crippen molar-refractivity contribution in [3.05, 3.63) is 57.8 Å². The fourth-order valence-electron chi connectivity index (χ4n) is 2.92. The molecule has 1 atom stereocenters. The number of amides is 1. The normalized spacial score (nSPS) is 16.9. The average Bonchev–Trinajstić information content (AvgIpc) is 3.40. The molecule has 7 heteroatoms. The molecule has 0 bridgehead atoms. The van der Waals surface area contributed by atoms with E-state index in [1.807, 2.05) is 24.3 Å². The standard InChI is InChI=1S/C20H26N4O2S/c1-21-20(24-12-16-7-9-27-14-16)23-11-15-4-2-5-17(10-15)19(25)22-13-18-6-3-8-26-18/h2,4-5,7,9-10,14,18H,3,6,8,11-13H2,1H3,(H,22,25)(H2,21,23,24). The molecule has 0 aliphatic carbocycles. The van der Waals surface area contributed by atoms with E-state index in [4.69, 9.17) is 4.74 Å². The van der Waals surface area contributed by atoms with Crippen LogP contribution in [-0.4, -0.2) is 38.2 Å². The molecule has 27 heavy (non-hydrogen) atoms. The van der Waals surface area contributed by atoms with Crippen LogP contribution in [0, 0.1) is 0 Å². The molecular weight excluding hydrogens is 360 g/mol. The van der Waals surface area contributed by atoms with Crippen LogP contribution in [0.15, 0.2) is 46.1 Å². The zero-order valence-electron chi connectivity index (χ0n) is 15.5. The summed E-state index contributed by atoms with van der Waals surface area (Å²) < 4.78 is 5.55. The Morgan fingerprint density at radius 3 is 2.78 bits per heavy atom. The number of ether oxygens (including phenoxy) is 1. The summed E-state index contributed by atoms with van der Waals surface area (Å²) in [6.07, 6.45) is 2.24. The number of aliphatic imine (C=N–C) groups is 1. The zero-order chi connectivity index (χ0) is 18.9. The van der Waals surface area contributed by atoms with Gasteiger partial charge in [-0.05, 0) is 52.9 Å². The third kappa shape index (κ3) is 6.08. The van der Waals surface area contributed by atoms with Gasteiger partial charge in [-0.25, -0.2) is 0 Å². The Morgan fingerprint density at radius 2 is 2.07 bits per heavy atom. The molecule has 1 aromatic heterocycles. The number of benzene rings is 1. The third-order valence-electron chi connectivity index (χ3n) is 4.43. The number of rotatable bonds is 7. The highest BCUT2D eigenvalue weighted by Crippen LogP contribution is 2.11. The van der Waals surface area contributed by atoms with E-state index in [1.165, 1.54) is 5.56 Å². The molecule has 0 radical (unpaired) electrons. The van der Waals surface area contributed by atoms with Crippen LogP contribution in [0.1, 0.15) is 34.3 Å². The molecule has 0 spiro atoms. The number of carbonyl (C=O) groups is 1. The molecule has 3 rings (SSSR count). The zero-order valence-corrected chi connectivity index (χ0v) is 16.3. The summed E-state index contributed by atoms with van der Waals surface area (Å²) >= 11 is 1.68. The van der Waals surface area contributed by atoms with Gasteiger partial charge in [0.05, 0.1) is 6.10 Å². The summed E-state index contributed by atoms with van der Waals surface area (Å²) in [4.78, 5) is 16.6. The van der Waals surface area contributed by atoms with E-state index in [2.05, 4.69) is 37.8 Å². The minimum Gasteiger partial charge on any atom is -0.376 e. The highest BCUT2D eigenvalue weighted by atomic mass is 32.1. The third-order valence-corrected chi connectivity index (χ3v) is 5.16. The number of nitrogens with zero attached hydrogens (tertiary/aromatic N) is 1. The van der Waals surface area contributed by atoms with Crippen molar-refractivity contribution in [2.75, 3.05) is 20.2 Å². The molecule has 1 amide bonds. The quantitative estimate of drug-likeness (QED) is 0.505. The van der Waals surface area contributed by atoms with E-state index in [-0.39, 0.29) is 12.0 Å². The highest BCUT2D eigenvalue weighted by Gasteiger charge is 2.16. The molecule has 0 saturated carbocycles. The SMILES string of the molecule is CN=C(NCc1ccsc1)NCc1cccc(C(=O)NCC2CCCO2)c1. The first kappa shape index (κ1) is 19.4. The first-order chi connectivity index (χ1) is 13.2. The maximum absolute atomic E-state index is 12.4. The average molecular weight is 387 g/mol. The fraction of sp³-hybridized carbons (Fsp3) is 0.400. The van der Waals surface area contributed by atoms with Crippen molar-refractivity contribution in [3.63, 3.8) is 0 Å². The highest BCUT2D eigenvalue weighted by molar-refractivity contribution is 7.07. The van der Waals surface area contributed by atoms with E-state index >= 15 is 0 Å². The van der Waals surface area contributed by atoms with Crippen molar-refractivity contribution < 1.29 is 9.53 Å². The van der Waals surface area contributed by atoms with Gasteiger partial charge in [0.2, 0.25) is 0 Å². The molecule has 2 heterocycles. The molecular formula is C20H26N4O2S. The van der Waals surface area contributed by atoms with Crippen LogP contribution in [0.5, 0.6) is 0 Å². The molecule has 1 aliphatic rings. The summed E-state index contributed by atoms with van der Waals surface area (Å²) in [5, 5.41) is 13.7. The number of thiophene rings is 1. The lowest BCUT2D eigenvalue weighted by Crippen LogP contribution is -2.36. The first-order valence-electron chi connectivity index (χ1n) is 9.19. The Bertz CT molecular complexity index is 755. The van der Waals surface area contributed by atoms with E-state index in [0.717, 1.165) is 37.5 Å². The second kappa shape index (κ2) is 10.1. The molecule has 2 aromatic rings. The van der Waals surface area contributed by atoms with Crippen LogP contribution < -0.4 is 16.0 Å². The minimum atomic E-state index is -0.0627. The number of carbonyl (C=O) groups excluding carboxylic acids is 1. The van der Waals surface area contributed by atoms with Crippen LogP contribution in [0.25, 0.3) is 0 Å². The Balaban J connectivity index is 1.48. The summed E-state index contributed by atoms with van der Waals surface area (Å²) in [5.41, 5.74) is 2.92. The van der Waals surface area contributed by atoms with Crippen LogP contribution >= 0.6 is 11.3 Å². The number of hydrogen-bond acceptors (Lipinski definition) is 4. The molecule has 6 nitrogen and oxygen atoms in total. The van der Waals surface area contributed by atoms with E-state index in [1.54, 1.807) is 18.4 Å². The van der Waals surface area contributed by atoms with Gasteiger partial charge in [0.1, 0.15) is 0 Å². The molecule has 3 N–H and O–H groups in total. The molecule has 1 fully saturated rings. The van der Waals surface area contributed by atoms with Gasteiger partial charge < -0.3 is 20.7 Å². The van der Waals surface area contributed by atoms with Crippen LogP contribution in [0.4, 0.5) is 0 Å². The predicted octanol–water partition coefficient (Wildman–Crippen LogP) is 2.52. The van der Waals surface area contributed by atoms with E-state index < -0.39 is 0 Å². The van der Waals surface area contributed by atoms with Crippen molar-refractivity contribution in [2.24, 2.45) is 4.99 Å². The van der Waals surface area contributed by atoms with Crippen molar-refractivity contribution in [1.82, 2.24) is 16.0 Å². The monoisotopic (exact) mass is 386 g/mol. The second-order valence-corrected chi connectivity index (χ2v) is 7.24. The molecule has 1 saturated heterocycles. The molecule has 1 aliphatic heterocycles. The summed E-state index contributed by atoms with van der Waals surface area (Å²) in [7, 11) is 1.75. The smallest absolute Gasteiger partial charge is 0.251 e. The molecule has 144 valence electrons. The van der Waals surface area contributed by atoms with E-state index in [0.29, 0.717) is 18.7 Å². The van der Waals surface area contributed by atoms with Gasteiger partial charge in [-0.15, -0.1) is 0 Å². The summed E-state index contributed by atoms with van der Waals surface area (Å²) in [6, 6.07) is 9.72. The minimum absolute atomic E-state index is 0.0627.